The molecule has 20 heavy (non-hydrogen) atoms. The van der Waals surface area contributed by atoms with Gasteiger partial charge in [0.25, 0.3) is 0 Å². The number of carbonyl (C=O) groups excluding carboxylic acids is 1. The molecule has 0 bridgehead atoms. The van der Waals surface area contributed by atoms with E-state index >= 15 is 0 Å². The van der Waals surface area contributed by atoms with E-state index in [0.29, 0.717) is 23.0 Å². The number of benzene rings is 1. The zero-order valence-electron chi connectivity index (χ0n) is 10.9. The molecular formula is C15H16BrNO3. The fourth-order valence-corrected chi connectivity index (χ4v) is 3.16. The van der Waals surface area contributed by atoms with Crippen molar-refractivity contribution < 1.29 is 15.0 Å². The maximum atomic E-state index is 11.9. The van der Waals surface area contributed by atoms with Crippen LogP contribution >= 0.6 is 15.9 Å². The van der Waals surface area contributed by atoms with Crippen LogP contribution in [0.5, 0.6) is 0 Å². The van der Waals surface area contributed by atoms with Crippen LogP contribution in [0.2, 0.25) is 0 Å². The summed E-state index contributed by atoms with van der Waals surface area (Å²) in [5, 5.41) is 21.1. The van der Waals surface area contributed by atoms with Crippen molar-refractivity contribution >= 4 is 32.6 Å². The van der Waals surface area contributed by atoms with Gasteiger partial charge in [-0.1, -0.05) is 22.0 Å². The number of aliphatic hydroxyl groups is 2. The number of ketones is 1. The molecule has 1 heterocycles. The van der Waals surface area contributed by atoms with Crippen molar-refractivity contribution in [2.45, 2.75) is 31.5 Å². The van der Waals surface area contributed by atoms with E-state index in [1.807, 2.05) is 12.1 Å². The zero-order chi connectivity index (χ0) is 14.3. The summed E-state index contributed by atoms with van der Waals surface area (Å²) < 4.78 is 0. The quantitative estimate of drug-likeness (QED) is 0.753. The van der Waals surface area contributed by atoms with Crippen LogP contribution in [0.15, 0.2) is 18.2 Å². The highest BCUT2D eigenvalue weighted by atomic mass is 79.9. The Morgan fingerprint density at radius 3 is 2.85 bits per heavy atom. The summed E-state index contributed by atoms with van der Waals surface area (Å²) in [5.41, 5.74) is 3.33. The summed E-state index contributed by atoms with van der Waals surface area (Å²) in [7, 11) is 0. The first-order valence-electron chi connectivity index (χ1n) is 6.71. The molecular weight excluding hydrogens is 322 g/mol. The van der Waals surface area contributed by atoms with E-state index in [1.54, 1.807) is 6.07 Å². The molecule has 1 aromatic heterocycles. The largest absolute Gasteiger partial charge is 0.389 e. The van der Waals surface area contributed by atoms with Crippen LogP contribution in [0.25, 0.3) is 10.9 Å². The predicted octanol–water partition coefficient (Wildman–Crippen LogP) is 2.48. The Labute approximate surface area is 124 Å². The molecule has 0 amide bonds. The van der Waals surface area contributed by atoms with Crippen molar-refractivity contribution in [3.63, 3.8) is 0 Å². The standard InChI is InChI=1S/C15H16BrNO3/c16-7-13(19)15(20)8-4-5-11-10(6-8)9-2-1-3-12(18)14(9)17-11/h4-6,13,15,17,19-20H,1-3,7H2. The maximum absolute atomic E-state index is 11.9. The van der Waals surface area contributed by atoms with Crippen molar-refractivity contribution in [2.24, 2.45) is 0 Å². The van der Waals surface area contributed by atoms with Gasteiger partial charge in [-0.05, 0) is 36.1 Å². The van der Waals surface area contributed by atoms with Crippen molar-refractivity contribution in [3.05, 3.63) is 35.0 Å². The summed E-state index contributed by atoms with van der Waals surface area (Å²) in [6, 6.07) is 5.52. The number of fused-ring (bicyclic) bond motifs is 3. The van der Waals surface area contributed by atoms with E-state index < -0.39 is 12.2 Å². The molecule has 5 heteroatoms. The lowest BCUT2D eigenvalue weighted by atomic mass is 9.93. The van der Waals surface area contributed by atoms with E-state index in [-0.39, 0.29) is 5.78 Å². The number of aryl methyl sites for hydroxylation is 1. The van der Waals surface area contributed by atoms with E-state index in [9.17, 15) is 15.0 Å². The number of Topliss-reactive ketones (excluding diaryl/α,β-unsaturated/α-hetero) is 1. The minimum Gasteiger partial charge on any atom is -0.389 e. The van der Waals surface area contributed by atoms with Gasteiger partial charge < -0.3 is 15.2 Å². The Kier molecular flexibility index (Phi) is 3.67. The van der Waals surface area contributed by atoms with Crippen molar-refractivity contribution in [3.8, 4) is 0 Å². The minimum absolute atomic E-state index is 0.157. The second-order valence-electron chi connectivity index (χ2n) is 5.23. The lowest BCUT2D eigenvalue weighted by Crippen LogP contribution is -2.19. The van der Waals surface area contributed by atoms with Crippen LogP contribution in [0.1, 0.15) is 40.6 Å². The lowest BCUT2D eigenvalue weighted by Gasteiger charge is -2.16. The Hall–Kier alpha value is -1.17. The number of aromatic amines is 1. The van der Waals surface area contributed by atoms with Gasteiger partial charge in [0, 0.05) is 22.7 Å². The molecule has 0 aliphatic heterocycles. The summed E-state index contributed by atoms with van der Waals surface area (Å²) in [5.74, 6) is 0.157. The van der Waals surface area contributed by atoms with Gasteiger partial charge in [0.1, 0.15) is 6.10 Å². The SMILES string of the molecule is O=C1CCCc2c1[nH]c1ccc(C(O)C(O)CBr)cc21. The first-order chi connectivity index (χ1) is 9.61. The van der Waals surface area contributed by atoms with E-state index in [1.165, 1.54) is 0 Å². The third-order valence-electron chi connectivity index (χ3n) is 3.90. The monoisotopic (exact) mass is 337 g/mol. The molecule has 2 atom stereocenters. The van der Waals surface area contributed by atoms with Gasteiger partial charge in [0.15, 0.2) is 5.78 Å². The first-order valence-corrected chi connectivity index (χ1v) is 7.83. The maximum Gasteiger partial charge on any atom is 0.179 e. The van der Waals surface area contributed by atoms with Crippen molar-refractivity contribution in [2.75, 3.05) is 5.33 Å². The first kappa shape index (κ1) is 13.8. The van der Waals surface area contributed by atoms with Crippen molar-refractivity contribution in [1.29, 1.82) is 0 Å². The smallest absolute Gasteiger partial charge is 0.179 e. The summed E-state index contributed by atoms with van der Waals surface area (Å²) in [4.78, 5) is 15.1. The Balaban J connectivity index is 2.09. The predicted molar refractivity (Wildman–Crippen MR) is 80.3 cm³/mol. The van der Waals surface area contributed by atoms with E-state index in [4.69, 9.17) is 0 Å². The second-order valence-corrected chi connectivity index (χ2v) is 5.87. The highest BCUT2D eigenvalue weighted by molar-refractivity contribution is 9.09. The number of halogens is 1. The average molecular weight is 338 g/mol. The van der Waals surface area contributed by atoms with Crippen LogP contribution in [-0.4, -0.2) is 32.4 Å². The fourth-order valence-electron chi connectivity index (χ4n) is 2.80. The highest BCUT2D eigenvalue weighted by Gasteiger charge is 2.23. The third-order valence-corrected chi connectivity index (χ3v) is 4.57. The molecule has 0 radical (unpaired) electrons. The molecule has 1 aliphatic rings. The molecule has 0 spiro atoms. The summed E-state index contributed by atoms with van der Waals surface area (Å²) in [6.07, 6.45) is 0.571. The van der Waals surface area contributed by atoms with Gasteiger partial charge >= 0.3 is 0 Å². The van der Waals surface area contributed by atoms with Crippen molar-refractivity contribution in [1.82, 2.24) is 4.98 Å². The summed E-state index contributed by atoms with van der Waals surface area (Å²) >= 11 is 3.16. The van der Waals surface area contributed by atoms with E-state index in [2.05, 4.69) is 20.9 Å². The number of rotatable bonds is 3. The number of aliphatic hydroxyl groups excluding tert-OH is 2. The van der Waals surface area contributed by atoms with Crippen LogP contribution in [0, 0.1) is 0 Å². The second kappa shape index (κ2) is 5.31. The van der Waals surface area contributed by atoms with Gasteiger partial charge in [-0.3, -0.25) is 4.79 Å². The zero-order valence-corrected chi connectivity index (χ0v) is 12.5. The molecule has 106 valence electrons. The van der Waals surface area contributed by atoms with Gasteiger partial charge in [0.2, 0.25) is 0 Å². The Bertz CT molecular complexity index is 664. The number of alkyl halides is 1. The number of hydrogen-bond donors (Lipinski definition) is 3. The molecule has 0 saturated carbocycles. The number of carbonyl (C=O) groups is 1. The molecule has 0 fully saturated rings. The Morgan fingerprint density at radius 2 is 2.10 bits per heavy atom. The Morgan fingerprint density at radius 1 is 1.30 bits per heavy atom. The molecule has 2 aromatic rings. The highest BCUT2D eigenvalue weighted by Crippen LogP contribution is 2.31. The normalized spacial score (nSPS) is 18.1. The van der Waals surface area contributed by atoms with Gasteiger partial charge in [-0.15, -0.1) is 0 Å². The molecule has 3 rings (SSSR count). The number of aromatic nitrogens is 1. The van der Waals surface area contributed by atoms with Gasteiger partial charge in [-0.25, -0.2) is 0 Å². The van der Waals surface area contributed by atoms with Gasteiger partial charge in [-0.2, -0.15) is 0 Å². The minimum atomic E-state index is -0.927. The molecule has 3 N–H and O–H groups in total. The molecule has 4 nitrogen and oxygen atoms in total. The van der Waals surface area contributed by atoms with Gasteiger partial charge in [0.05, 0.1) is 11.8 Å². The topological polar surface area (TPSA) is 73.3 Å². The number of H-pyrrole nitrogens is 1. The summed E-state index contributed by atoms with van der Waals surface area (Å²) in [6.45, 7) is 0. The number of nitrogens with one attached hydrogen (secondary N) is 1. The molecule has 2 unspecified atom stereocenters. The lowest BCUT2D eigenvalue weighted by molar-refractivity contribution is 0.0343. The van der Waals surface area contributed by atoms with Crippen LogP contribution in [0.3, 0.4) is 0 Å². The van der Waals surface area contributed by atoms with Crippen LogP contribution in [0.4, 0.5) is 0 Å². The third kappa shape index (κ3) is 2.20. The average Bonchev–Trinajstić information content (AvgIpc) is 2.85. The molecule has 1 aromatic carbocycles. The molecule has 1 aliphatic carbocycles. The van der Waals surface area contributed by atoms with Crippen LogP contribution < -0.4 is 0 Å². The number of hydrogen-bond acceptors (Lipinski definition) is 3. The molecule has 0 saturated heterocycles. The van der Waals surface area contributed by atoms with Crippen LogP contribution in [-0.2, 0) is 6.42 Å². The van der Waals surface area contributed by atoms with E-state index in [0.717, 1.165) is 29.3 Å². The fraction of sp³-hybridized carbons (Fsp3) is 0.400.